The number of carbonyl (C=O) groups excluding carboxylic acids is 2. The highest BCUT2D eigenvalue weighted by Gasteiger charge is 2.16. The zero-order valence-corrected chi connectivity index (χ0v) is 56.3. The minimum Gasteiger partial charge on any atom is -0.462 e. The molecule has 0 spiro atoms. The van der Waals surface area contributed by atoms with Crippen molar-refractivity contribution in [1.29, 1.82) is 0 Å². The van der Waals surface area contributed by atoms with E-state index in [0.29, 0.717) is 12.8 Å². The smallest absolute Gasteiger partial charge is 0.306 e. The Hall–Kier alpha value is -4.22. The van der Waals surface area contributed by atoms with Crippen molar-refractivity contribution in [2.24, 2.45) is 0 Å². The van der Waals surface area contributed by atoms with Gasteiger partial charge in [0.05, 0.1) is 6.61 Å². The van der Waals surface area contributed by atoms with Gasteiger partial charge in [0.2, 0.25) is 0 Å². The highest BCUT2D eigenvalue weighted by Crippen LogP contribution is 2.17. The molecule has 5 heteroatoms. The highest BCUT2D eigenvalue weighted by molar-refractivity contribution is 5.70. The predicted octanol–water partition coefficient (Wildman–Crippen LogP) is 25.7. The largest absolute Gasteiger partial charge is 0.462 e. The molecule has 0 rings (SSSR count). The van der Waals surface area contributed by atoms with Gasteiger partial charge < -0.3 is 14.6 Å². The average Bonchev–Trinajstić information content (AvgIpc) is 3.53. The lowest BCUT2D eigenvalue weighted by Crippen LogP contribution is -2.28. The maximum atomic E-state index is 12.4. The number of aliphatic hydroxyl groups is 1. The van der Waals surface area contributed by atoms with E-state index in [4.69, 9.17) is 9.47 Å². The van der Waals surface area contributed by atoms with Gasteiger partial charge in [0, 0.05) is 12.8 Å². The molecule has 0 aliphatic rings. The lowest BCUT2D eigenvalue weighted by Gasteiger charge is -2.15. The molecule has 0 aliphatic carbocycles. The number of carbonyl (C=O) groups is 2. The maximum absolute atomic E-state index is 12.4. The molecule has 0 saturated heterocycles. The van der Waals surface area contributed by atoms with Crippen LogP contribution >= 0.6 is 0 Å². The number of esters is 2. The number of rotatable bonds is 66. The van der Waals surface area contributed by atoms with Gasteiger partial charge in [-0.05, 0) is 122 Å². The van der Waals surface area contributed by atoms with Crippen molar-refractivity contribution in [3.63, 3.8) is 0 Å². The van der Waals surface area contributed by atoms with Crippen molar-refractivity contribution in [3.8, 4) is 0 Å². The van der Waals surface area contributed by atoms with Crippen molar-refractivity contribution in [2.75, 3.05) is 13.2 Å². The second-order valence-electron chi connectivity index (χ2n) is 23.9. The minimum atomic E-state index is -0.801. The molecule has 0 aliphatic heterocycles. The molecule has 0 radical (unpaired) electrons. The van der Waals surface area contributed by atoms with Gasteiger partial charge in [0.25, 0.3) is 0 Å². The molecule has 0 amide bonds. The Morgan fingerprint density at radius 2 is 0.500 bits per heavy atom. The lowest BCUT2D eigenvalue weighted by molar-refractivity contribution is -0.161. The van der Waals surface area contributed by atoms with Gasteiger partial charge in [-0.25, -0.2) is 0 Å². The first-order chi connectivity index (χ1) is 42.6. The number of hydrogen-bond acceptors (Lipinski definition) is 5. The first-order valence-corrected chi connectivity index (χ1v) is 36.4. The normalized spacial score (nSPS) is 13.1. The summed E-state index contributed by atoms with van der Waals surface area (Å²) in [5.41, 5.74) is 0. The molecule has 0 aromatic rings. The third kappa shape index (κ3) is 72.3. The van der Waals surface area contributed by atoms with E-state index in [1.54, 1.807) is 0 Å². The van der Waals surface area contributed by atoms with Crippen LogP contribution in [0.1, 0.15) is 335 Å². The van der Waals surface area contributed by atoms with Gasteiger partial charge in [-0.3, -0.25) is 9.59 Å². The third-order valence-electron chi connectivity index (χ3n) is 15.6. The van der Waals surface area contributed by atoms with E-state index in [1.165, 1.54) is 193 Å². The van der Waals surface area contributed by atoms with Crippen molar-refractivity contribution in [2.45, 2.75) is 341 Å². The molecule has 0 saturated carbocycles. The van der Waals surface area contributed by atoms with Gasteiger partial charge in [-0.15, -0.1) is 0 Å². The molecule has 0 aromatic carbocycles. The van der Waals surface area contributed by atoms with Crippen LogP contribution in [0.5, 0.6) is 0 Å². The van der Waals surface area contributed by atoms with Gasteiger partial charge >= 0.3 is 11.9 Å². The van der Waals surface area contributed by atoms with E-state index in [-0.39, 0.29) is 25.2 Å². The Morgan fingerprint density at radius 1 is 0.279 bits per heavy atom. The summed E-state index contributed by atoms with van der Waals surface area (Å²) in [5.74, 6) is -0.626. The number of unbranched alkanes of at least 4 members (excludes halogenated alkanes) is 34. The van der Waals surface area contributed by atoms with Crippen LogP contribution in [-0.2, 0) is 19.1 Å². The van der Waals surface area contributed by atoms with Crippen LogP contribution in [-0.4, -0.2) is 36.4 Å². The zero-order chi connectivity index (χ0) is 61.9. The quantitative estimate of drug-likeness (QED) is 0.0373. The lowest BCUT2D eigenvalue weighted by atomic mass is 10.0. The first-order valence-electron chi connectivity index (χ1n) is 36.4. The highest BCUT2D eigenvalue weighted by atomic mass is 16.6. The summed E-state index contributed by atoms with van der Waals surface area (Å²) in [6.45, 7) is 4.02. The number of ether oxygens (including phenoxy) is 2. The number of hydrogen-bond donors (Lipinski definition) is 1. The van der Waals surface area contributed by atoms with Crippen LogP contribution < -0.4 is 0 Å². The molecule has 5 nitrogen and oxygen atoms in total. The van der Waals surface area contributed by atoms with Crippen LogP contribution in [0.15, 0.2) is 146 Å². The molecule has 0 aromatic heterocycles. The maximum Gasteiger partial charge on any atom is 0.306 e. The van der Waals surface area contributed by atoms with Gasteiger partial charge in [-0.2, -0.15) is 0 Å². The average molecular weight is 1190 g/mol. The molecular weight excluding hydrogens is 1050 g/mol. The second-order valence-corrected chi connectivity index (χ2v) is 23.9. The van der Waals surface area contributed by atoms with E-state index < -0.39 is 6.10 Å². The zero-order valence-electron chi connectivity index (χ0n) is 56.3. The fourth-order valence-corrected chi connectivity index (χ4v) is 10.2. The summed E-state index contributed by atoms with van der Waals surface area (Å²) in [6, 6.07) is 0. The van der Waals surface area contributed by atoms with Crippen LogP contribution in [0, 0.1) is 0 Å². The standard InChI is InChI=1S/C81H136O5/c1-3-5-7-9-11-13-15-17-19-21-23-25-27-29-31-33-35-37-39-40-42-44-46-48-50-52-54-56-58-60-62-64-66-68-70-72-74-76-81(84)86-79(77-82)78-85-80(83)75-73-71-69-67-65-63-61-59-57-55-53-51-49-47-45-43-41-38-36-34-32-30-28-26-24-22-20-18-16-14-12-10-8-6-4-2/h5,7,11,13,17,19,22-25,29,31,35,37,40,42,46,48,52,54,58,60,64,66,79,82H,3-4,6,8-10,12,14-16,18,20-21,26-28,30,32-34,36,38-39,41,43-45,47,49-51,53,55-57,59,61-63,65,67-78H2,1-2H3/b7-5-,13-11-,19-17-,24-22-,25-23-,31-29-,37-35-,42-40-,48-46-,54-52-,60-58-,66-64-. The monoisotopic (exact) mass is 1190 g/mol. The molecule has 86 heavy (non-hydrogen) atoms. The molecule has 1 N–H and O–H groups in total. The third-order valence-corrected chi connectivity index (χ3v) is 15.6. The van der Waals surface area contributed by atoms with E-state index >= 15 is 0 Å². The topological polar surface area (TPSA) is 72.8 Å². The molecule has 490 valence electrons. The molecule has 0 bridgehead atoms. The van der Waals surface area contributed by atoms with E-state index in [1.807, 2.05) is 0 Å². The SMILES string of the molecule is CC/C=C\C/C=C\C/C=C\C/C=C\C/C=C\C/C=C\C/C=C\C/C=C\C/C=C\C/C=C\C/C=C\CCCCCC(=O)OC(CO)COC(=O)CCCCCCCCCCCCCCCCCCCCCCCCC/C=C\CCCCCCCCCC. The van der Waals surface area contributed by atoms with Crippen LogP contribution in [0.4, 0.5) is 0 Å². The summed E-state index contributed by atoms with van der Waals surface area (Å²) in [4.78, 5) is 24.7. The van der Waals surface area contributed by atoms with Gasteiger partial charge in [0.15, 0.2) is 6.10 Å². The van der Waals surface area contributed by atoms with Gasteiger partial charge in [-0.1, -0.05) is 346 Å². The fraction of sp³-hybridized carbons (Fsp3) is 0.679. The van der Waals surface area contributed by atoms with Crippen molar-refractivity contribution < 1.29 is 24.2 Å². The molecule has 1 unspecified atom stereocenters. The Balaban J connectivity index is 3.55. The predicted molar refractivity (Wildman–Crippen MR) is 380 cm³/mol. The van der Waals surface area contributed by atoms with Crippen LogP contribution in [0.2, 0.25) is 0 Å². The van der Waals surface area contributed by atoms with Gasteiger partial charge in [0.1, 0.15) is 6.61 Å². The molecule has 0 heterocycles. The molecule has 1 atom stereocenters. The Kier molecular flexibility index (Phi) is 71.3. The van der Waals surface area contributed by atoms with Crippen molar-refractivity contribution in [3.05, 3.63) is 146 Å². The summed E-state index contributed by atoms with van der Waals surface area (Å²) in [6.07, 6.45) is 113. The Bertz CT molecular complexity index is 1780. The second kappa shape index (κ2) is 75.0. The molecule has 0 fully saturated rings. The van der Waals surface area contributed by atoms with Crippen LogP contribution in [0.3, 0.4) is 0 Å². The van der Waals surface area contributed by atoms with E-state index in [9.17, 15) is 14.7 Å². The summed E-state index contributed by atoms with van der Waals surface area (Å²) in [5, 5.41) is 9.70. The van der Waals surface area contributed by atoms with Crippen molar-refractivity contribution >= 4 is 11.9 Å². The number of aliphatic hydroxyl groups excluding tert-OH is 1. The fourth-order valence-electron chi connectivity index (χ4n) is 10.2. The van der Waals surface area contributed by atoms with Crippen molar-refractivity contribution in [1.82, 2.24) is 0 Å². The van der Waals surface area contributed by atoms with E-state index in [2.05, 4.69) is 160 Å². The van der Waals surface area contributed by atoms with E-state index in [0.717, 1.165) is 116 Å². The minimum absolute atomic E-state index is 0.0851. The first kappa shape index (κ1) is 81.8. The Morgan fingerprint density at radius 3 is 0.779 bits per heavy atom. The summed E-state index contributed by atoms with van der Waals surface area (Å²) >= 11 is 0. The number of allylic oxidation sites excluding steroid dienone is 24. The summed E-state index contributed by atoms with van der Waals surface area (Å²) in [7, 11) is 0. The van der Waals surface area contributed by atoms with Crippen LogP contribution in [0.25, 0.3) is 0 Å². The summed E-state index contributed by atoms with van der Waals surface area (Å²) < 4.78 is 10.7. The Labute approximate surface area is 533 Å². The molecular formula is C81H136O5.